The minimum absolute atomic E-state index is 0.0499. The highest BCUT2D eigenvalue weighted by atomic mass is 127. The van der Waals surface area contributed by atoms with Crippen LogP contribution in [-0.4, -0.2) is 71.0 Å². The van der Waals surface area contributed by atoms with E-state index in [-0.39, 0.29) is 31.6 Å². The first kappa shape index (κ1) is 25.4. The van der Waals surface area contributed by atoms with Crippen LogP contribution >= 0.6 is 22.6 Å². The van der Waals surface area contributed by atoms with Gasteiger partial charge in [-0.1, -0.05) is 19.1 Å². The van der Waals surface area contributed by atoms with Gasteiger partial charge in [-0.15, -0.1) is 0 Å². The monoisotopic (exact) mass is 556 g/mol. The van der Waals surface area contributed by atoms with Gasteiger partial charge in [0, 0.05) is 25.0 Å². The fraction of sp³-hybridized carbons (Fsp3) is 0.500. The van der Waals surface area contributed by atoms with Crippen LogP contribution in [0.5, 0.6) is 5.75 Å². The molecule has 0 heterocycles. The smallest absolute Gasteiger partial charge is 0.406 e. The highest BCUT2D eigenvalue weighted by Crippen LogP contribution is 2.31. The van der Waals surface area contributed by atoms with Gasteiger partial charge >= 0.3 is 6.18 Å². The van der Waals surface area contributed by atoms with Crippen LogP contribution in [0.3, 0.4) is 0 Å². The SMILES string of the molecule is CCC(=O)N(CC(F)(F)F)C1CC(C(=O)NCCO)=CC(Oc2ccccc2I)C1O. The number of rotatable bonds is 8. The van der Waals surface area contributed by atoms with Gasteiger partial charge in [-0.05, 0) is 40.8 Å². The van der Waals surface area contributed by atoms with Crippen molar-refractivity contribution in [2.45, 2.75) is 44.2 Å². The van der Waals surface area contributed by atoms with E-state index in [0.717, 1.165) is 0 Å². The second-order valence-corrected chi connectivity index (χ2v) is 8.10. The summed E-state index contributed by atoms with van der Waals surface area (Å²) >= 11 is 2.01. The molecule has 11 heteroatoms. The van der Waals surface area contributed by atoms with Crippen molar-refractivity contribution >= 4 is 34.4 Å². The van der Waals surface area contributed by atoms with Crippen molar-refractivity contribution in [1.82, 2.24) is 10.2 Å². The van der Waals surface area contributed by atoms with E-state index in [4.69, 9.17) is 9.84 Å². The summed E-state index contributed by atoms with van der Waals surface area (Å²) in [5, 5.41) is 22.2. The van der Waals surface area contributed by atoms with Gasteiger partial charge in [-0.2, -0.15) is 13.2 Å². The maximum Gasteiger partial charge on any atom is 0.406 e. The molecular formula is C20H24F3IN2O5. The lowest BCUT2D eigenvalue weighted by atomic mass is 9.88. The van der Waals surface area contributed by atoms with Gasteiger partial charge in [0.2, 0.25) is 11.8 Å². The summed E-state index contributed by atoms with van der Waals surface area (Å²) in [6.45, 7) is -0.498. The molecule has 1 aromatic carbocycles. The molecule has 0 radical (unpaired) electrons. The Morgan fingerprint density at radius 1 is 1.32 bits per heavy atom. The second-order valence-electron chi connectivity index (χ2n) is 6.94. The van der Waals surface area contributed by atoms with E-state index in [1.54, 1.807) is 24.3 Å². The van der Waals surface area contributed by atoms with Crippen molar-refractivity contribution < 1.29 is 37.7 Å². The number of aliphatic hydroxyl groups excluding tert-OH is 2. The number of ether oxygens (including phenoxy) is 1. The zero-order chi connectivity index (χ0) is 23.2. The average molecular weight is 556 g/mol. The number of aliphatic hydroxyl groups is 2. The molecule has 3 N–H and O–H groups in total. The minimum Gasteiger partial charge on any atom is -0.482 e. The number of halogens is 4. The molecule has 0 spiro atoms. The number of nitrogens with zero attached hydrogens (tertiary/aromatic N) is 1. The minimum atomic E-state index is -4.68. The highest BCUT2D eigenvalue weighted by molar-refractivity contribution is 14.1. The standard InChI is InChI=1S/C20H24F3IN2O5/c1-2-17(28)26(11-20(21,22)23)14-9-12(19(30)25-7-8-27)10-16(18(14)29)31-15-6-4-3-5-13(15)24/h3-6,10,14,16,18,27,29H,2,7-9,11H2,1H3,(H,25,30). The number of hydrogen-bond donors (Lipinski definition) is 3. The fourth-order valence-corrected chi connectivity index (χ4v) is 3.77. The van der Waals surface area contributed by atoms with Crippen molar-refractivity contribution in [3.63, 3.8) is 0 Å². The number of benzene rings is 1. The van der Waals surface area contributed by atoms with Gasteiger partial charge in [0.15, 0.2) is 0 Å². The third-order valence-electron chi connectivity index (χ3n) is 4.69. The Balaban J connectivity index is 2.41. The Bertz CT molecular complexity index is 818. The largest absolute Gasteiger partial charge is 0.482 e. The molecule has 3 atom stereocenters. The van der Waals surface area contributed by atoms with Crippen LogP contribution in [0.4, 0.5) is 13.2 Å². The van der Waals surface area contributed by atoms with Gasteiger partial charge in [0.1, 0.15) is 24.5 Å². The molecule has 0 aromatic heterocycles. The lowest BCUT2D eigenvalue weighted by Gasteiger charge is -2.40. The predicted molar refractivity (Wildman–Crippen MR) is 114 cm³/mol. The van der Waals surface area contributed by atoms with E-state index in [1.807, 2.05) is 22.6 Å². The maximum atomic E-state index is 13.2. The summed E-state index contributed by atoms with van der Waals surface area (Å²) < 4.78 is 46.0. The van der Waals surface area contributed by atoms with Crippen LogP contribution in [0, 0.1) is 3.57 Å². The molecule has 7 nitrogen and oxygen atoms in total. The zero-order valence-corrected chi connectivity index (χ0v) is 18.9. The van der Waals surface area contributed by atoms with E-state index in [9.17, 15) is 27.9 Å². The van der Waals surface area contributed by atoms with Crippen molar-refractivity contribution in [1.29, 1.82) is 0 Å². The number of nitrogens with one attached hydrogen (secondary N) is 1. The van der Waals surface area contributed by atoms with E-state index >= 15 is 0 Å². The second kappa shape index (κ2) is 11.1. The first-order chi connectivity index (χ1) is 14.6. The Morgan fingerprint density at radius 3 is 2.58 bits per heavy atom. The van der Waals surface area contributed by atoms with Crippen LogP contribution in [0.15, 0.2) is 35.9 Å². The normalized spacial score (nSPS) is 21.3. The summed E-state index contributed by atoms with van der Waals surface area (Å²) in [5.41, 5.74) is 0.0655. The van der Waals surface area contributed by atoms with Gasteiger partial charge in [0.05, 0.1) is 16.2 Å². The summed E-state index contributed by atoms with van der Waals surface area (Å²) in [6.07, 6.45) is -6.48. The van der Waals surface area contributed by atoms with Crippen molar-refractivity contribution in [2.75, 3.05) is 19.7 Å². The van der Waals surface area contributed by atoms with Gasteiger partial charge < -0.3 is 25.2 Å². The van der Waals surface area contributed by atoms with Crippen LogP contribution in [-0.2, 0) is 9.59 Å². The third-order valence-corrected chi connectivity index (χ3v) is 5.58. The van der Waals surface area contributed by atoms with Gasteiger partial charge in [-0.25, -0.2) is 0 Å². The summed E-state index contributed by atoms with van der Waals surface area (Å²) in [6, 6.07) is 5.52. The van der Waals surface area contributed by atoms with Crippen LogP contribution in [0.25, 0.3) is 0 Å². The lowest BCUT2D eigenvalue weighted by molar-refractivity contribution is -0.172. The molecule has 2 amide bonds. The topological polar surface area (TPSA) is 99.1 Å². The molecule has 0 bridgehead atoms. The molecule has 0 aliphatic heterocycles. The molecule has 0 saturated carbocycles. The number of carbonyl (C=O) groups excluding carboxylic acids is 2. The maximum absolute atomic E-state index is 13.2. The zero-order valence-electron chi connectivity index (χ0n) is 16.7. The summed E-state index contributed by atoms with van der Waals surface area (Å²) in [5.74, 6) is -1.03. The lowest BCUT2D eigenvalue weighted by Crippen LogP contribution is -2.57. The Hall–Kier alpha value is -1.86. The summed E-state index contributed by atoms with van der Waals surface area (Å²) in [7, 11) is 0. The Labute approximate surface area is 191 Å². The molecular weight excluding hydrogens is 532 g/mol. The van der Waals surface area contributed by atoms with Crippen LogP contribution in [0.2, 0.25) is 0 Å². The van der Waals surface area contributed by atoms with E-state index in [2.05, 4.69) is 5.32 Å². The number of amides is 2. The molecule has 3 unspecified atom stereocenters. The summed E-state index contributed by atoms with van der Waals surface area (Å²) in [4.78, 5) is 25.3. The predicted octanol–water partition coefficient (Wildman–Crippen LogP) is 2.01. The number of alkyl halides is 3. The van der Waals surface area contributed by atoms with Crippen molar-refractivity contribution in [2.24, 2.45) is 0 Å². The Kier molecular flexibility index (Phi) is 9.13. The fourth-order valence-electron chi connectivity index (χ4n) is 3.25. The molecule has 1 aliphatic carbocycles. The van der Waals surface area contributed by atoms with E-state index in [1.165, 1.54) is 13.0 Å². The van der Waals surface area contributed by atoms with Crippen LogP contribution in [0.1, 0.15) is 19.8 Å². The molecule has 31 heavy (non-hydrogen) atoms. The quantitative estimate of drug-likeness (QED) is 0.426. The van der Waals surface area contributed by atoms with Crippen molar-refractivity contribution in [3.05, 3.63) is 39.5 Å². The average Bonchev–Trinajstić information content (AvgIpc) is 2.72. The van der Waals surface area contributed by atoms with Crippen molar-refractivity contribution in [3.8, 4) is 5.75 Å². The molecule has 1 aromatic rings. The first-order valence-corrected chi connectivity index (χ1v) is 10.7. The van der Waals surface area contributed by atoms with E-state index < -0.39 is 42.8 Å². The number of hydrogen-bond acceptors (Lipinski definition) is 5. The Morgan fingerprint density at radius 2 is 2.00 bits per heavy atom. The molecule has 172 valence electrons. The first-order valence-electron chi connectivity index (χ1n) is 9.62. The molecule has 2 rings (SSSR count). The molecule has 0 saturated heterocycles. The third kappa shape index (κ3) is 7.07. The van der Waals surface area contributed by atoms with Gasteiger partial charge in [0.25, 0.3) is 0 Å². The number of para-hydroxylation sites is 1. The van der Waals surface area contributed by atoms with E-state index in [0.29, 0.717) is 14.2 Å². The highest BCUT2D eigenvalue weighted by Gasteiger charge is 2.44. The number of carbonyl (C=O) groups is 2. The van der Waals surface area contributed by atoms with Crippen LogP contribution < -0.4 is 10.1 Å². The molecule has 0 fully saturated rings. The van der Waals surface area contributed by atoms with Gasteiger partial charge in [-0.3, -0.25) is 9.59 Å². The molecule has 1 aliphatic rings.